The number of rotatable bonds is 53. The van der Waals surface area contributed by atoms with E-state index in [0.29, 0.717) is 37.5 Å². The molecule has 2 N–H and O–H groups in total. The van der Waals surface area contributed by atoms with E-state index in [1.165, 1.54) is 77.0 Å². The van der Waals surface area contributed by atoms with E-state index in [9.17, 15) is 38.1 Å². The average Bonchev–Trinajstić information content (AvgIpc) is 3.31. The van der Waals surface area contributed by atoms with Gasteiger partial charge in [0, 0.05) is 45.6 Å². The molecular weight excluding hydrogens is 995 g/mol. The van der Waals surface area contributed by atoms with Gasteiger partial charge in [-0.25, -0.2) is 9.13 Å². The number of ether oxygens (including phenoxy) is 2. The maximum Gasteiger partial charge on any atom is 0.472 e. The number of carbonyl (C=O) groups excluding carboxylic acids is 4. The van der Waals surface area contributed by atoms with Gasteiger partial charge in [-0.2, -0.15) is 0 Å². The van der Waals surface area contributed by atoms with Crippen molar-refractivity contribution in [3.63, 3.8) is 0 Å². The summed E-state index contributed by atoms with van der Waals surface area (Å²) in [6, 6.07) is 0. The summed E-state index contributed by atoms with van der Waals surface area (Å²) in [7, 11) is -7.45. The molecule has 0 saturated carbocycles. The molecule has 9 atom stereocenters. The third-order valence-electron chi connectivity index (χ3n) is 14.6. The van der Waals surface area contributed by atoms with Crippen molar-refractivity contribution < 1.29 is 65.7 Å². The molecule has 0 aliphatic heterocycles. The molecular formula is C59H114O14P2. The standard InChI is InChI=1S/C59H114O14P2/c1-47(2)25-17-27-49(5)29-19-31-51(7)33-21-35-53(9)43-58(62)69-45-57(73-59(63)44-54(10)36-22-34-52(8)32-20-30-50(6)28-18-26-48(3)4)46-72-75(66,67)71-42-24-40-56(61)39-23-38-55(60)37-15-13-12-14-16-41-70-74(64,65)68-11/h47-54,57H,12-46H2,1-11H3,(H,64,65)(H,66,67)/t49?,50?,51?,52?,53?,54?,57-/m1/s1. The minimum absolute atomic E-state index is 0.0610. The lowest BCUT2D eigenvalue weighted by Gasteiger charge is -2.21. The van der Waals surface area contributed by atoms with Gasteiger partial charge >= 0.3 is 27.6 Å². The number of hydrogen-bond donors (Lipinski definition) is 2. The minimum Gasteiger partial charge on any atom is -0.462 e. The second kappa shape index (κ2) is 45.3. The molecule has 0 fully saturated rings. The van der Waals surface area contributed by atoms with Crippen LogP contribution in [0.4, 0.5) is 0 Å². The number of hydrogen-bond acceptors (Lipinski definition) is 12. The number of esters is 2. The van der Waals surface area contributed by atoms with Crippen molar-refractivity contribution in [1.29, 1.82) is 0 Å². The van der Waals surface area contributed by atoms with E-state index in [1.54, 1.807) is 0 Å². The number of Topliss-reactive ketones (excluding diaryl/α,β-unsaturated/α-hetero) is 2. The Balaban J connectivity index is 4.95. The smallest absolute Gasteiger partial charge is 0.462 e. The van der Waals surface area contributed by atoms with Crippen molar-refractivity contribution >= 4 is 39.2 Å². The van der Waals surface area contributed by atoms with Gasteiger partial charge in [-0.05, 0) is 73.0 Å². The van der Waals surface area contributed by atoms with Gasteiger partial charge in [0.2, 0.25) is 0 Å². The van der Waals surface area contributed by atoms with Crippen LogP contribution in [0.2, 0.25) is 0 Å². The highest BCUT2D eigenvalue weighted by molar-refractivity contribution is 7.47. The van der Waals surface area contributed by atoms with Gasteiger partial charge in [-0.15, -0.1) is 0 Å². The van der Waals surface area contributed by atoms with Crippen molar-refractivity contribution in [3.05, 3.63) is 0 Å². The fourth-order valence-electron chi connectivity index (χ4n) is 9.54. The van der Waals surface area contributed by atoms with Crippen molar-refractivity contribution in [1.82, 2.24) is 0 Å². The highest BCUT2D eigenvalue weighted by Gasteiger charge is 2.27. The van der Waals surface area contributed by atoms with E-state index in [1.807, 2.05) is 13.8 Å². The van der Waals surface area contributed by atoms with E-state index >= 15 is 0 Å². The average molecular weight is 1110 g/mol. The van der Waals surface area contributed by atoms with Crippen molar-refractivity contribution in [3.8, 4) is 0 Å². The van der Waals surface area contributed by atoms with Crippen molar-refractivity contribution in [2.45, 2.75) is 274 Å². The molecule has 0 aliphatic rings. The molecule has 0 aromatic carbocycles. The SMILES string of the molecule is COP(=O)(O)OCCCCCCCC(=O)CCCC(=O)CCCOP(=O)(O)OC[C@@H](COC(=O)CC(C)CCCC(C)CCCC(C)CCCC(C)C)OC(=O)CC(C)CCCC(C)CCCC(C)CCCC(C)C. The summed E-state index contributed by atoms with van der Waals surface area (Å²) in [5.74, 6) is 3.58. The Morgan fingerprint density at radius 3 is 1.20 bits per heavy atom. The molecule has 0 bridgehead atoms. The molecule has 0 saturated heterocycles. The molecule has 0 heterocycles. The maximum atomic E-state index is 13.2. The number of carbonyl (C=O) groups is 4. The Labute approximate surface area is 458 Å². The van der Waals surface area contributed by atoms with Crippen LogP contribution in [0.1, 0.15) is 268 Å². The van der Waals surface area contributed by atoms with Crippen LogP contribution in [0.5, 0.6) is 0 Å². The first-order valence-corrected chi connectivity index (χ1v) is 32.9. The number of ketones is 2. The summed E-state index contributed by atoms with van der Waals surface area (Å²) in [6.07, 6.45) is 26.1. The van der Waals surface area contributed by atoms with Gasteiger partial charge in [0.25, 0.3) is 0 Å². The molecule has 0 amide bonds. The second-order valence-electron chi connectivity index (χ2n) is 23.8. The van der Waals surface area contributed by atoms with Crippen LogP contribution in [0.15, 0.2) is 0 Å². The van der Waals surface area contributed by atoms with Crippen LogP contribution in [0.3, 0.4) is 0 Å². The third-order valence-corrected chi connectivity index (χ3v) is 16.5. The first kappa shape index (κ1) is 73.5. The topological polar surface area (TPSA) is 198 Å². The second-order valence-corrected chi connectivity index (χ2v) is 26.9. The van der Waals surface area contributed by atoms with E-state index in [4.69, 9.17) is 23.0 Å². The Morgan fingerprint density at radius 1 is 0.387 bits per heavy atom. The molecule has 444 valence electrons. The predicted molar refractivity (Wildman–Crippen MR) is 303 cm³/mol. The normalized spacial score (nSPS) is 16.4. The molecule has 0 rings (SSSR count). The quantitative estimate of drug-likeness (QED) is 0.0331. The highest BCUT2D eigenvalue weighted by Crippen LogP contribution is 2.44. The van der Waals surface area contributed by atoms with Crippen molar-refractivity contribution in [2.24, 2.45) is 47.3 Å². The van der Waals surface area contributed by atoms with Crippen LogP contribution in [0.25, 0.3) is 0 Å². The number of phosphoric acid groups is 2. The van der Waals surface area contributed by atoms with Gasteiger partial charge in [-0.3, -0.25) is 37.3 Å². The third kappa shape index (κ3) is 48.2. The predicted octanol–water partition coefficient (Wildman–Crippen LogP) is 16.7. The minimum atomic E-state index is -4.62. The number of phosphoric ester groups is 2. The van der Waals surface area contributed by atoms with Crippen LogP contribution in [-0.2, 0) is 55.9 Å². The lowest BCUT2D eigenvalue weighted by molar-refractivity contribution is -0.162. The van der Waals surface area contributed by atoms with E-state index < -0.39 is 40.3 Å². The van der Waals surface area contributed by atoms with Crippen LogP contribution >= 0.6 is 15.6 Å². The van der Waals surface area contributed by atoms with Gasteiger partial charge in [0.15, 0.2) is 6.10 Å². The zero-order valence-corrected chi connectivity index (χ0v) is 51.4. The summed E-state index contributed by atoms with van der Waals surface area (Å²) in [5.41, 5.74) is 0. The van der Waals surface area contributed by atoms with Crippen molar-refractivity contribution in [2.75, 3.05) is 33.5 Å². The Bertz CT molecular complexity index is 1560. The van der Waals surface area contributed by atoms with Crippen LogP contribution < -0.4 is 0 Å². The molecule has 14 nitrogen and oxygen atoms in total. The first-order chi connectivity index (χ1) is 35.4. The van der Waals surface area contributed by atoms with Gasteiger partial charge in [-0.1, -0.05) is 204 Å². The zero-order chi connectivity index (χ0) is 56.5. The molecule has 0 aromatic heterocycles. The van der Waals surface area contributed by atoms with Gasteiger partial charge in [0.1, 0.15) is 18.2 Å². The van der Waals surface area contributed by atoms with Gasteiger partial charge in [0.05, 0.1) is 19.8 Å². The maximum absolute atomic E-state index is 13.2. The Kier molecular flexibility index (Phi) is 44.3. The molecule has 8 unspecified atom stereocenters. The monoisotopic (exact) mass is 1110 g/mol. The summed E-state index contributed by atoms with van der Waals surface area (Å²) >= 11 is 0. The largest absolute Gasteiger partial charge is 0.472 e. The van der Waals surface area contributed by atoms with E-state index in [2.05, 4.69) is 59.9 Å². The molecule has 0 aliphatic carbocycles. The van der Waals surface area contributed by atoms with E-state index in [0.717, 1.165) is 95.0 Å². The molecule has 16 heteroatoms. The van der Waals surface area contributed by atoms with E-state index in [-0.39, 0.29) is 75.3 Å². The summed E-state index contributed by atoms with van der Waals surface area (Å²) in [5, 5.41) is 0. The first-order valence-electron chi connectivity index (χ1n) is 29.9. The highest BCUT2D eigenvalue weighted by atomic mass is 31.2. The fourth-order valence-corrected chi connectivity index (χ4v) is 10.8. The molecule has 0 radical (unpaired) electrons. The lowest BCUT2D eigenvalue weighted by atomic mass is 9.91. The lowest BCUT2D eigenvalue weighted by Crippen LogP contribution is -2.30. The Morgan fingerprint density at radius 2 is 0.747 bits per heavy atom. The molecule has 0 aromatic rings. The van der Waals surface area contributed by atoms with Crippen LogP contribution in [-0.4, -0.2) is 72.9 Å². The van der Waals surface area contributed by atoms with Gasteiger partial charge < -0.3 is 19.3 Å². The zero-order valence-electron chi connectivity index (χ0n) is 49.6. The fraction of sp³-hybridized carbons (Fsp3) is 0.932. The molecule has 75 heavy (non-hydrogen) atoms. The summed E-state index contributed by atoms with van der Waals surface area (Å²) in [6.45, 7) is 21.6. The summed E-state index contributed by atoms with van der Waals surface area (Å²) in [4.78, 5) is 70.8. The van der Waals surface area contributed by atoms with Crippen LogP contribution in [0, 0.1) is 47.3 Å². The summed E-state index contributed by atoms with van der Waals surface area (Å²) < 4.78 is 55.1. The Hall–Kier alpha value is -1.50. The molecule has 0 spiro atoms. The number of unbranched alkanes of at least 4 members (excludes halogenated alkanes) is 4.